The minimum Gasteiger partial charge on any atom is -0.493 e. The third-order valence-corrected chi connectivity index (χ3v) is 5.94. The third-order valence-electron chi connectivity index (χ3n) is 5.94. The van der Waals surface area contributed by atoms with Crippen molar-refractivity contribution in [3.63, 3.8) is 0 Å². The van der Waals surface area contributed by atoms with Crippen LogP contribution in [0.2, 0.25) is 0 Å². The Morgan fingerprint density at radius 3 is 2.70 bits per heavy atom. The Bertz CT molecular complexity index is 997. The van der Waals surface area contributed by atoms with Gasteiger partial charge in [0.25, 0.3) is 5.91 Å². The van der Waals surface area contributed by atoms with Crippen LogP contribution in [0.1, 0.15) is 54.1 Å². The normalized spacial score (nSPS) is 17.8. The summed E-state index contributed by atoms with van der Waals surface area (Å²) in [4.78, 5) is 24.4. The Morgan fingerprint density at radius 1 is 1.15 bits per heavy atom. The zero-order valence-electron chi connectivity index (χ0n) is 19.1. The van der Waals surface area contributed by atoms with Gasteiger partial charge in [0.15, 0.2) is 0 Å². The summed E-state index contributed by atoms with van der Waals surface area (Å²) >= 11 is 0. The molecule has 2 aliphatic rings. The van der Waals surface area contributed by atoms with Crippen LogP contribution in [0.15, 0.2) is 47.6 Å². The lowest BCUT2D eigenvalue weighted by atomic mass is 9.94. The predicted molar refractivity (Wildman–Crippen MR) is 128 cm³/mol. The number of nitrogens with zero attached hydrogens (tertiary/aromatic N) is 2. The number of ether oxygens (including phenoxy) is 2. The Hall–Kier alpha value is -3.35. The zero-order valence-corrected chi connectivity index (χ0v) is 19.1. The Morgan fingerprint density at radius 2 is 1.94 bits per heavy atom. The fourth-order valence-electron chi connectivity index (χ4n) is 4.16. The molecule has 1 atom stereocenters. The maximum atomic E-state index is 12.7. The Balaban J connectivity index is 1.32. The van der Waals surface area contributed by atoms with Crippen molar-refractivity contribution in [1.82, 2.24) is 5.01 Å². The first-order valence-corrected chi connectivity index (χ1v) is 11.7. The van der Waals surface area contributed by atoms with Crippen molar-refractivity contribution in [2.45, 2.75) is 39.0 Å². The minimum atomic E-state index is -0.192. The van der Waals surface area contributed by atoms with Crippen LogP contribution in [0.3, 0.4) is 0 Å². The number of rotatable bonds is 7. The monoisotopic (exact) mass is 449 g/mol. The van der Waals surface area contributed by atoms with E-state index in [1.54, 1.807) is 6.92 Å². The van der Waals surface area contributed by atoms with Crippen LogP contribution < -0.4 is 10.1 Å². The smallest absolute Gasteiger partial charge is 0.306 e. The van der Waals surface area contributed by atoms with E-state index in [-0.39, 0.29) is 17.8 Å². The molecular formula is C26H31N3O4. The van der Waals surface area contributed by atoms with Crippen molar-refractivity contribution in [3.8, 4) is 5.75 Å². The molecule has 2 aliphatic heterocycles. The van der Waals surface area contributed by atoms with Gasteiger partial charge in [0.05, 0.1) is 25.8 Å². The summed E-state index contributed by atoms with van der Waals surface area (Å²) in [7, 11) is 0. The summed E-state index contributed by atoms with van der Waals surface area (Å²) in [5.41, 5.74) is 3.26. The van der Waals surface area contributed by atoms with E-state index < -0.39 is 0 Å². The number of hydrazone groups is 1. The number of piperidine rings is 1. The van der Waals surface area contributed by atoms with Gasteiger partial charge in [-0.2, -0.15) is 5.10 Å². The quantitative estimate of drug-likeness (QED) is 0.505. The number of anilines is 1. The van der Waals surface area contributed by atoms with Crippen LogP contribution in [-0.2, 0) is 16.0 Å². The molecule has 1 unspecified atom stereocenters. The number of amides is 1. The van der Waals surface area contributed by atoms with E-state index in [9.17, 15) is 9.59 Å². The summed E-state index contributed by atoms with van der Waals surface area (Å²) in [5.74, 6) is 0.485. The van der Waals surface area contributed by atoms with Crippen LogP contribution >= 0.6 is 0 Å². The van der Waals surface area contributed by atoms with Crippen molar-refractivity contribution in [2.24, 2.45) is 11.0 Å². The molecular weight excluding hydrogens is 418 g/mol. The fourth-order valence-corrected chi connectivity index (χ4v) is 4.16. The van der Waals surface area contributed by atoms with Gasteiger partial charge in [0.1, 0.15) is 5.75 Å². The summed E-state index contributed by atoms with van der Waals surface area (Å²) < 4.78 is 10.9. The molecule has 0 aliphatic carbocycles. The maximum absolute atomic E-state index is 12.7. The van der Waals surface area contributed by atoms with Gasteiger partial charge in [-0.1, -0.05) is 18.2 Å². The van der Waals surface area contributed by atoms with Gasteiger partial charge in [-0.05, 0) is 61.9 Å². The van der Waals surface area contributed by atoms with E-state index in [0.717, 1.165) is 36.4 Å². The highest BCUT2D eigenvalue weighted by Crippen LogP contribution is 2.31. The van der Waals surface area contributed by atoms with E-state index in [1.807, 2.05) is 48.7 Å². The van der Waals surface area contributed by atoms with Gasteiger partial charge < -0.3 is 14.8 Å². The SMILES string of the molecule is CCOC(=O)CC1COc2cc(NC(=O)c3ccc(C=NN4CCCCC4)cc3)ccc2C1. The standard InChI is InChI=1S/C26H31N3O4/c1-2-32-25(30)15-20-14-22-10-11-23(16-24(22)33-18-20)28-26(31)21-8-6-19(7-9-21)17-27-29-12-4-3-5-13-29/h6-11,16-17,20H,2-5,12-15,18H2,1H3,(H,28,31). The minimum absolute atomic E-state index is 0.106. The van der Waals surface area contributed by atoms with Crippen molar-refractivity contribution < 1.29 is 19.1 Å². The average Bonchev–Trinajstić information content (AvgIpc) is 2.84. The molecule has 174 valence electrons. The van der Waals surface area contributed by atoms with E-state index >= 15 is 0 Å². The molecule has 0 bridgehead atoms. The first-order valence-electron chi connectivity index (χ1n) is 11.7. The summed E-state index contributed by atoms with van der Waals surface area (Å²) in [5, 5.41) is 9.57. The summed E-state index contributed by atoms with van der Waals surface area (Å²) in [6, 6.07) is 13.1. The molecule has 0 radical (unpaired) electrons. The number of nitrogens with one attached hydrogen (secondary N) is 1. The number of esters is 1. The lowest BCUT2D eigenvalue weighted by molar-refractivity contribution is -0.144. The van der Waals surface area contributed by atoms with Crippen LogP contribution in [-0.4, -0.2) is 49.4 Å². The van der Waals surface area contributed by atoms with E-state index in [4.69, 9.17) is 9.47 Å². The predicted octanol–water partition coefficient (Wildman–Crippen LogP) is 4.26. The van der Waals surface area contributed by atoms with Gasteiger partial charge in [-0.3, -0.25) is 14.6 Å². The maximum Gasteiger partial charge on any atom is 0.306 e. The summed E-state index contributed by atoms with van der Waals surface area (Å²) in [6.45, 7) is 4.67. The van der Waals surface area contributed by atoms with Crippen LogP contribution in [0.25, 0.3) is 0 Å². The number of hydrogen-bond acceptors (Lipinski definition) is 6. The molecule has 2 aromatic rings. The summed E-state index contributed by atoms with van der Waals surface area (Å²) in [6.07, 6.45) is 6.62. The molecule has 7 heteroatoms. The second-order valence-electron chi connectivity index (χ2n) is 8.55. The zero-order chi connectivity index (χ0) is 23.0. The topological polar surface area (TPSA) is 80.2 Å². The van der Waals surface area contributed by atoms with Crippen molar-refractivity contribution in [1.29, 1.82) is 0 Å². The molecule has 0 spiro atoms. The number of carbonyl (C=O) groups is 2. The molecule has 0 aromatic heterocycles. The molecule has 1 fully saturated rings. The molecule has 33 heavy (non-hydrogen) atoms. The molecule has 1 saturated heterocycles. The van der Waals surface area contributed by atoms with Crippen LogP contribution in [0, 0.1) is 5.92 Å². The highest BCUT2D eigenvalue weighted by Gasteiger charge is 2.23. The molecule has 1 amide bonds. The fraction of sp³-hybridized carbons (Fsp3) is 0.423. The molecule has 4 rings (SSSR count). The molecule has 2 aromatic carbocycles. The third kappa shape index (κ3) is 6.34. The van der Waals surface area contributed by atoms with Crippen molar-refractivity contribution >= 4 is 23.8 Å². The average molecular weight is 450 g/mol. The Kier molecular flexibility index (Phi) is 7.60. The van der Waals surface area contributed by atoms with Crippen LogP contribution in [0.5, 0.6) is 5.75 Å². The highest BCUT2D eigenvalue weighted by molar-refractivity contribution is 6.04. The first kappa shape index (κ1) is 22.8. The number of carbonyl (C=O) groups excluding carboxylic acids is 2. The number of hydrogen-bond donors (Lipinski definition) is 1. The van der Waals surface area contributed by atoms with E-state index in [0.29, 0.717) is 30.9 Å². The van der Waals surface area contributed by atoms with Crippen molar-refractivity contribution in [3.05, 3.63) is 59.2 Å². The second-order valence-corrected chi connectivity index (χ2v) is 8.55. The van der Waals surface area contributed by atoms with Crippen LogP contribution in [0.4, 0.5) is 5.69 Å². The number of benzene rings is 2. The van der Waals surface area contributed by atoms with Gasteiger partial charge in [0.2, 0.25) is 0 Å². The van der Waals surface area contributed by atoms with Crippen molar-refractivity contribution in [2.75, 3.05) is 31.6 Å². The van der Waals surface area contributed by atoms with Gasteiger partial charge in [-0.25, -0.2) is 0 Å². The molecule has 7 nitrogen and oxygen atoms in total. The van der Waals surface area contributed by atoms with Gasteiger partial charge in [0, 0.05) is 36.3 Å². The molecule has 2 heterocycles. The largest absolute Gasteiger partial charge is 0.493 e. The molecule has 1 N–H and O–H groups in total. The van der Waals surface area contributed by atoms with Gasteiger partial charge in [-0.15, -0.1) is 0 Å². The van der Waals surface area contributed by atoms with Gasteiger partial charge >= 0.3 is 5.97 Å². The number of fused-ring (bicyclic) bond motifs is 1. The molecule has 0 saturated carbocycles. The Labute approximate surface area is 194 Å². The highest BCUT2D eigenvalue weighted by atomic mass is 16.5. The lowest BCUT2D eigenvalue weighted by Crippen LogP contribution is -2.24. The lowest BCUT2D eigenvalue weighted by Gasteiger charge is -2.25. The second kappa shape index (κ2) is 11.0. The van der Waals surface area contributed by atoms with E-state index in [1.165, 1.54) is 19.3 Å². The van der Waals surface area contributed by atoms with E-state index in [2.05, 4.69) is 15.4 Å². The first-order chi connectivity index (χ1) is 16.1.